The van der Waals surface area contributed by atoms with E-state index in [4.69, 9.17) is 12.2 Å². The Bertz CT molecular complexity index is 221. The first-order valence-electron chi connectivity index (χ1n) is 5.43. The molecular formula is C11H22N2OS. The van der Waals surface area contributed by atoms with Gasteiger partial charge in [0.2, 0.25) is 5.91 Å². The first-order valence-corrected chi connectivity index (χ1v) is 5.83. The van der Waals surface area contributed by atoms with Gasteiger partial charge in [-0.2, -0.15) is 0 Å². The summed E-state index contributed by atoms with van der Waals surface area (Å²) in [6.45, 7) is 9.02. The van der Waals surface area contributed by atoms with E-state index in [2.05, 4.69) is 17.6 Å². The zero-order valence-electron chi connectivity index (χ0n) is 10.1. The molecule has 0 aliphatic rings. The molecule has 1 amide bonds. The van der Waals surface area contributed by atoms with Gasteiger partial charge in [-0.3, -0.25) is 4.79 Å². The van der Waals surface area contributed by atoms with Gasteiger partial charge >= 0.3 is 0 Å². The second-order valence-electron chi connectivity index (χ2n) is 4.90. The van der Waals surface area contributed by atoms with Crippen molar-refractivity contribution in [3.05, 3.63) is 0 Å². The highest BCUT2D eigenvalue weighted by molar-refractivity contribution is 7.80. The fourth-order valence-corrected chi connectivity index (χ4v) is 1.29. The number of unbranched alkanes of at least 4 members (excludes halogenated alkanes) is 1. The van der Waals surface area contributed by atoms with Crippen LogP contribution in [0.3, 0.4) is 0 Å². The van der Waals surface area contributed by atoms with Gasteiger partial charge in [-0.15, -0.1) is 0 Å². The van der Waals surface area contributed by atoms with Crippen molar-refractivity contribution in [3.8, 4) is 0 Å². The van der Waals surface area contributed by atoms with E-state index < -0.39 is 0 Å². The van der Waals surface area contributed by atoms with Gasteiger partial charge in [0.05, 0.1) is 0 Å². The SMILES string of the molecule is CCCCNC(=S)NC(=O)CC(C)(C)C. The summed E-state index contributed by atoms with van der Waals surface area (Å²) in [5.41, 5.74) is 0.00309. The Morgan fingerprint density at radius 1 is 1.33 bits per heavy atom. The van der Waals surface area contributed by atoms with Crippen LogP contribution in [0.5, 0.6) is 0 Å². The number of hydrogen-bond donors (Lipinski definition) is 2. The molecule has 2 N–H and O–H groups in total. The largest absolute Gasteiger partial charge is 0.362 e. The van der Waals surface area contributed by atoms with E-state index in [9.17, 15) is 4.79 Å². The second kappa shape index (κ2) is 6.77. The molecule has 0 aliphatic carbocycles. The fourth-order valence-electron chi connectivity index (χ4n) is 1.08. The van der Waals surface area contributed by atoms with E-state index >= 15 is 0 Å². The minimum absolute atomic E-state index is 0.00309. The molecular weight excluding hydrogens is 208 g/mol. The van der Waals surface area contributed by atoms with E-state index in [0.29, 0.717) is 11.5 Å². The fraction of sp³-hybridized carbons (Fsp3) is 0.818. The molecule has 0 aromatic carbocycles. The van der Waals surface area contributed by atoms with Crippen LogP contribution < -0.4 is 10.6 Å². The third kappa shape index (κ3) is 9.66. The summed E-state index contributed by atoms with van der Waals surface area (Å²) in [7, 11) is 0. The van der Waals surface area contributed by atoms with Crippen LogP contribution in [0.4, 0.5) is 0 Å². The predicted molar refractivity (Wildman–Crippen MR) is 67.7 cm³/mol. The lowest BCUT2D eigenvalue weighted by Gasteiger charge is -2.17. The Balaban J connectivity index is 3.72. The van der Waals surface area contributed by atoms with Crippen molar-refractivity contribution >= 4 is 23.2 Å². The van der Waals surface area contributed by atoms with Crippen molar-refractivity contribution in [3.63, 3.8) is 0 Å². The highest BCUT2D eigenvalue weighted by Gasteiger charge is 2.16. The van der Waals surface area contributed by atoms with Crippen molar-refractivity contribution in [2.24, 2.45) is 5.41 Å². The molecule has 0 bridgehead atoms. The topological polar surface area (TPSA) is 41.1 Å². The molecule has 0 aromatic heterocycles. The molecule has 0 saturated heterocycles. The van der Waals surface area contributed by atoms with Crippen LogP contribution in [-0.2, 0) is 4.79 Å². The van der Waals surface area contributed by atoms with Crippen LogP contribution >= 0.6 is 12.2 Å². The number of nitrogens with one attached hydrogen (secondary N) is 2. The van der Waals surface area contributed by atoms with Crippen LogP contribution in [0.2, 0.25) is 0 Å². The Morgan fingerprint density at radius 2 is 1.93 bits per heavy atom. The van der Waals surface area contributed by atoms with Crippen LogP contribution in [0, 0.1) is 5.41 Å². The third-order valence-electron chi connectivity index (χ3n) is 1.76. The average molecular weight is 230 g/mol. The second-order valence-corrected chi connectivity index (χ2v) is 5.30. The summed E-state index contributed by atoms with van der Waals surface area (Å²) in [5, 5.41) is 6.12. The molecule has 0 heterocycles. The lowest BCUT2D eigenvalue weighted by molar-refractivity contribution is -0.121. The predicted octanol–water partition coefficient (Wildman–Crippen LogP) is 2.21. The van der Waals surface area contributed by atoms with Crippen LogP contribution in [0.1, 0.15) is 47.0 Å². The van der Waals surface area contributed by atoms with Gasteiger partial charge in [0.1, 0.15) is 0 Å². The molecule has 4 heteroatoms. The first-order chi connectivity index (χ1) is 6.85. The molecule has 0 rings (SSSR count). The third-order valence-corrected chi connectivity index (χ3v) is 2.01. The Hall–Kier alpha value is -0.640. The minimum Gasteiger partial charge on any atom is -0.362 e. The Kier molecular flexibility index (Phi) is 6.48. The van der Waals surface area contributed by atoms with Gasteiger partial charge in [-0.05, 0) is 24.1 Å². The van der Waals surface area contributed by atoms with E-state index in [1.807, 2.05) is 20.8 Å². The molecule has 0 radical (unpaired) electrons. The number of rotatable bonds is 4. The lowest BCUT2D eigenvalue weighted by Crippen LogP contribution is -2.40. The number of carbonyl (C=O) groups is 1. The van der Waals surface area contributed by atoms with Gasteiger partial charge < -0.3 is 10.6 Å². The highest BCUT2D eigenvalue weighted by atomic mass is 32.1. The smallest absolute Gasteiger partial charge is 0.226 e. The molecule has 0 fully saturated rings. The zero-order chi connectivity index (χ0) is 11.9. The van der Waals surface area contributed by atoms with Gasteiger partial charge in [0.15, 0.2) is 5.11 Å². The number of thiocarbonyl (C=S) groups is 1. The Labute approximate surface area is 98.0 Å². The van der Waals surface area contributed by atoms with Gasteiger partial charge in [0.25, 0.3) is 0 Å². The summed E-state index contributed by atoms with van der Waals surface area (Å²) < 4.78 is 0. The highest BCUT2D eigenvalue weighted by Crippen LogP contribution is 2.17. The first kappa shape index (κ1) is 14.4. The summed E-state index contributed by atoms with van der Waals surface area (Å²) >= 11 is 4.99. The summed E-state index contributed by atoms with van der Waals surface area (Å²) in [5.74, 6) is -0.0171. The minimum atomic E-state index is -0.0171. The van der Waals surface area contributed by atoms with Crippen LogP contribution in [-0.4, -0.2) is 17.6 Å². The normalized spacial score (nSPS) is 10.9. The maximum atomic E-state index is 11.5. The van der Waals surface area contributed by atoms with Crippen molar-refractivity contribution in [1.82, 2.24) is 10.6 Å². The molecule has 88 valence electrons. The van der Waals surface area contributed by atoms with Gasteiger partial charge in [-0.25, -0.2) is 0 Å². The number of hydrogen-bond acceptors (Lipinski definition) is 2. The monoisotopic (exact) mass is 230 g/mol. The molecule has 0 spiro atoms. The standard InChI is InChI=1S/C11H22N2OS/c1-5-6-7-12-10(15)13-9(14)8-11(2,3)4/h5-8H2,1-4H3,(H2,12,13,14,15). The van der Waals surface area contributed by atoms with E-state index in [1.54, 1.807) is 0 Å². The summed E-state index contributed by atoms with van der Waals surface area (Å²) in [6.07, 6.45) is 2.67. The zero-order valence-corrected chi connectivity index (χ0v) is 11.0. The Morgan fingerprint density at radius 3 is 2.40 bits per heavy atom. The molecule has 0 unspecified atom stereocenters. The maximum Gasteiger partial charge on any atom is 0.226 e. The molecule has 0 aliphatic heterocycles. The van der Waals surface area contributed by atoms with E-state index in [-0.39, 0.29) is 11.3 Å². The molecule has 0 atom stereocenters. The summed E-state index contributed by atoms with van der Waals surface area (Å²) in [4.78, 5) is 11.5. The number of amides is 1. The molecule has 0 saturated carbocycles. The molecule has 0 aromatic rings. The molecule has 15 heavy (non-hydrogen) atoms. The van der Waals surface area contributed by atoms with Crippen LogP contribution in [0.15, 0.2) is 0 Å². The average Bonchev–Trinajstić information content (AvgIpc) is 2.00. The lowest BCUT2D eigenvalue weighted by atomic mass is 9.92. The quantitative estimate of drug-likeness (QED) is 0.575. The summed E-state index contributed by atoms with van der Waals surface area (Å²) in [6, 6.07) is 0. The van der Waals surface area contributed by atoms with E-state index in [0.717, 1.165) is 19.4 Å². The van der Waals surface area contributed by atoms with E-state index in [1.165, 1.54) is 0 Å². The van der Waals surface area contributed by atoms with Gasteiger partial charge in [0, 0.05) is 13.0 Å². The van der Waals surface area contributed by atoms with Gasteiger partial charge in [-0.1, -0.05) is 34.1 Å². The van der Waals surface area contributed by atoms with Crippen molar-refractivity contribution in [2.45, 2.75) is 47.0 Å². The van der Waals surface area contributed by atoms with Crippen molar-refractivity contribution in [2.75, 3.05) is 6.54 Å². The van der Waals surface area contributed by atoms with Crippen LogP contribution in [0.25, 0.3) is 0 Å². The van der Waals surface area contributed by atoms with Crippen molar-refractivity contribution in [1.29, 1.82) is 0 Å². The maximum absolute atomic E-state index is 11.5. The number of carbonyl (C=O) groups excluding carboxylic acids is 1. The van der Waals surface area contributed by atoms with Crippen molar-refractivity contribution < 1.29 is 4.79 Å². The molecule has 3 nitrogen and oxygen atoms in total.